The molecule has 0 bridgehead atoms. The smallest absolute Gasteiger partial charge is 0.314 e. The van der Waals surface area contributed by atoms with Crippen LogP contribution in [0.3, 0.4) is 0 Å². The molecule has 1 aromatic carbocycles. The lowest BCUT2D eigenvalue weighted by Crippen LogP contribution is -2.38. The van der Waals surface area contributed by atoms with E-state index in [0.717, 1.165) is 28.3 Å². The van der Waals surface area contributed by atoms with Crippen LogP contribution in [0.4, 0.5) is 4.79 Å². The van der Waals surface area contributed by atoms with Crippen molar-refractivity contribution in [3.63, 3.8) is 0 Å². The highest BCUT2D eigenvalue weighted by atomic mass is 35.5. The first-order valence-electron chi connectivity index (χ1n) is 6.94. The average molecular weight is 315 g/mol. The third-order valence-corrected chi connectivity index (χ3v) is 3.47. The summed E-state index contributed by atoms with van der Waals surface area (Å²) in [4.78, 5) is 11.4. The lowest BCUT2D eigenvalue weighted by molar-refractivity contribution is 0.193. The number of hydrogen-bond donors (Lipinski definition) is 2. The standard InChI is InChI=1S/C15H23ClN2O3/c1-11-9-13(10-12(2)14(11)16)21-8-6-18-15(19)17-5-4-7-20-3/h9-10H,4-8H2,1-3H3,(H2,17,18,19). The van der Waals surface area contributed by atoms with Crippen LogP contribution in [0.2, 0.25) is 5.02 Å². The Morgan fingerprint density at radius 2 is 1.76 bits per heavy atom. The lowest BCUT2D eigenvalue weighted by atomic mass is 10.1. The molecular weight excluding hydrogens is 292 g/mol. The Hall–Kier alpha value is -1.46. The van der Waals surface area contributed by atoms with Gasteiger partial charge in [-0.1, -0.05) is 11.6 Å². The van der Waals surface area contributed by atoms with E-state index in [-0.39, 0.29) is 6.03 Å². The first kappa shape index (κ1) is 17.6. The van der Waals surface area contributed by atoms with Gasteiger partial charge >= 0.3 is 6.03 Å². The Morgan fingerprint density at radius 3 is 2.38 bits per heavy atom. The molecule has 1 aromatic rings. The molecule has 0 aliphatic heterocycles. The van der Waals surface area contributed by atoms with Crippen LogP contribution in [0.5, 0.6) is 5.75 Å². The van der Waals surface area contributed by atoms with Gasteiger partial charge < -0.3 is 20.1 Å². The van der Waals surface area contributed by atoms with Crippen LogP contribution in [0.1, 0.15) is 17.5 Å². The summed E-state index contributed by atoms with van der Waals surface area (Å²) in [6, 6.07) is 3.58. The minimum absolute atomic E-state index is 0.196. The highest BCUT2D eigenvalue weighted by Gasteiger charge is 2.04. The zero-order chi connectivity index (χ0) is 15.7. The predicted molar refractivity (Wildman–Crippen MR) is 84.3 cm³/mol. The number of nitrogens with one attached hydrogen (secondary N) is 2. The van der Waals surface area contributed by atoms with Crippen LogP contribution >= 0.6 is 11.6 Å². The van der Waals surface area contributed by atoms with E-state index < -0.39 is 0 Å². The van der Waals surface area contributed by atoms with E-state index in [1.54, 1.807) is 7.11 Å². The van der Waals surface area contributed by atoms with E-state index in [1.165, 1.54) is 0 Å². The van der Waals surface area contributed by atoms with Gasteiger partial charge in [0, 0.05) is 25.3 Å². The summed E-state index contributed by atoms with van der Waals surface area (Å²) in [5, 5.41) is 6.23. The quantitative estimate of drug-likeness (QED) is 0.725. The van der Waals surface area contributed by atoms with Crippen LogP contribution < -0.4 is 15.4 Å². The van der Waals surface area contributed by atoms with Crippen LogP contribution in [-0.4, -0.2) is 39.4 Å². The van der Waals surface area contributed by atoms with Crippen LogP contribution in [0, 0.1) is 13.8 Å². The van der Waals surface area contributed by atoms with Gasteiger partial charge in [0.15, 0.2) is 0 Å². The summed E-state index contributed by atoms with van der Waals surface area (Å²) in [6.45, 7) is 5.96. The minimum atomic E-state index is -0.196. The Bertz CT molecular complexity index is 443. The van der Waals surface area contributed by atoms with Crippen molar-refractivity contribution in [2.75, 3.05) is 33.4 Å². The number of hydrogen-bond acceptors (Lipinski definition) is 3. The number of rotatable bonds is 8. The van der Waals surface area contributed by atoms with Gasteiger partial charge in [0.05, 0.1) is 6.54 Å². The van der Waals surface area contributed by atoms with Gasteiger partial charge in [0.25, 0.3) is 0 Å². The Balaban J connectivity index is 2.21. The van der Waals surface area contributed by atoms with Gasteiger partial charge in [-0.25, -0.2) is 4.79 Å². The maximum atomic E-state index is 11.4. The molecule has 0 atom stereocenters. The molecule has 0 aliphatic carbocycles. The molecular formula is C15H23ClN2O3. The highest BCUT2D eigenvalue weighted by molar-refractivity contribution is 6.32. The SMILES string of the molecule is COCCCNC(=O)NCCOc1cc(C)c(Cl)c(C)c1. The zero-order valence-corrected chi connectivity index (χ0v) is 13.5. The molecule has 0 fully saturated rings. The summed E-state index contributed by atoms with van der Waals surface area (Å²) in [6.07, 6.45) is 0.795. The largest absolute Gasteiger partial charge is 0.492 e. The number of aryl methyl sites for hydroxylation is 2. The molecule has 118 valence electrons. The third kappa shape index (κ3) is 6.69. The molecule has 21 heavy (non-hydrogen) atoms. The average Bonchev–Trinajstić information content (AvgIpc) is 2.45. The van der Waals surface area contributed by atoms with E-state index in [9.17, 15) is 4.79 Å². The number of methoxy groups -OCH3 is 1. The fraction of sp³-hybridized carbons (Fsp3) is 0.533. The molecule has 2 N–H and O–H groups in total. The molecule has 0 spiro atoms. The van der Waals surface area contributed by atoms with Gasteiger partial charge in [0.2, 0.25) is 0 Å². The van der Waals surface area contributed by atoms with E-state index in [0.29, 0.717) is 26.3 Å². The predicted octanol–water partition coefficient (Wildman–Crippen LogP) is 2.67. The third-order valence-electron chi connectivity index (χ3n) is 2.88. The Labute approximate surface area is 131 Å². The van der Waals surface area contributed by atoms with Crippen molar-refractivity contribution >= 4 is 17.6 Å². The van der Waals surface area contributed by atoms with Gasteiger partial charge in [-0.2, -0.15) is 0 Å². The lowest BCUT2D eigenvalue weighted by Gasteiger charge is -2.11. The van der Waals surface area contributed by atoms with E-state index in [1.807, 2.05) is 26.0 Å². The van der Waals surface area contributed by atoms with Crippen molar-refractivity contribution in [1.29, 1.82) is 0 Å². The topological polar surface area (TPSA) is 59.6 Å². The first-order valence-corrected chi connectivity index (χ1v) is 7.32. The van der Waals surface area contributed by atoms with E-state index >= 15 is 0 Å². The Morgan fingerprint density at radius 1 is 1.14 bits per heavy atom. The van der Waals surface area contributed by atoms with Crippen molar-refractivity contribution in [2.45, 2.75) is 20.3 Å². The van der Waals surface area contributed by atoms with Gasteiger partial charge in [-0.05, 0) is 43.5 Å². The van der Waals surface area contributed by atoms with Crippen molar-refractivity contribution in [3.8, 4) is 5.75 Å². The number of benzene rings is 1. The molecule has 6 heteroatoms. The molecule has 1 rings (SSSR count). The molecule has 0 radical (unpaired) electrons. The maximum absolute atomic E-state index is 11.4. The molecule has 2 amide bonds. The van der Waals surface area contributed by atoms with E-state index in [4.69, 9.17) is 21.1 Å². The molecule has 0 saturated heterocycles. The van der Waals surface area contributed by atoms with Crippen molar-refractivity contribution < 1.29 is 14.3 Å². The monoisotopic (exact) mass is 314 g/mol. The molecule has 0 aliphatic rings. The van der Waals surface area contributed by atoms with Crippen LogP contribution in [-0.2, 0) is 4.74 Å². The molecule has 0 aromatic heterocycles. The summed E-state index contributed by atoms with van der Waals surface area (Å²) >= 11 is 6.09. The maximum Gasteiger partial charge on any atom is 0.314 e. The fourth-order valence-corrected chi connectivity index (χ4v) is 1.91. The normalized spacial score (nSPS) is 10.3. The number of carbonyl (C=O) groups is 1. The van der Waals surface area contributed by atoms with Gasteiger partial charge in [-0.15, -0.1) is 0 Å². The second-order valence-electron chi connectivity index (χ2n) is 4.75. The summed E-state index contributed by atoms with van der Waals surface area (Å²) in [5.74, 6) is 0.761. The molecule has 0 heterocycles. The van der Waals surface area contributed by atoms with Crippen molar-refractivity contribution in [3.05, 3.63) is 28.3 Å². The highest BCUT2D eigenvalue weighted by Crippen LogP contribution is 2.25. The first-order chi connectivity index (χ1) is 10.0. The molecule has 5 nitrogen and oxygen atoms in total. The fourth-order valence-electron chi connectivity index (χ4n) is 1.80. The second kappa shape index (κ2) is 9.47. The van der Waals surface area contributed by atoms with Crippen LogP contribution in [0.15, 0.2) is 12.1 Å². The minimum Gasteiger partial charge on any atom is -0.492 e. The number of urea groups is 1. The van der Waals surface area contributed by atoms with E-state index in [2.05, 4.69) is 10.6 Å². The number of ether oxygens (including phenoxy) is 2. The van der Waals surface area contributed by atoms with Crippen molar-refractivity contribution in [2.24, 2.45) is 0 Å². The summed E-state index contributed by atoms with van der Waals surface area (Å²) < 4.78 is 10.5. The van der Waals surface area contributed by atoms with Gasteiger partial charge in [-0.3, -0.25) is 0 Å². The van der Waals surface area contributed by atoms with Gasteiger partial charge in [0.1, 0.15) is 12.4 Å². The summed E-state index contributed by atoms with van der Waals surface area (Å²) in [5.41, 5.74) is 1.96. The number of carbonyl (C=O) groups excluding carboxylic acids is 1. The number of amides is 2. The molecule has 0 saturated carbocycles. The Kier molecular flexibility index (Phi) is 7.93. The zero-order valence-electron chi connectivity index (χ0n) is 12.8. The second-order valence-corrected chi connectivity index (χ2v) is 5.13. The number of halogens is 1. The summed E-state index contributed by atoms with van der Waals surface area (Å²) in [7, 11) is 1.64. The van der Waals surface area contributed by atoms with Crippen LogP contribution in [0.25, 0.3) is 0 Å². The molecule has 0 unspecified atom stereocenters. The van der Waals surface area contributed by atoms with Crippen molar-refractivity contribution in [1.82, 2.24) is 10.6 Å².